The first kappa shape index (κ1) is 16.1. The highest BCUT2D eigenvalue weighted by Gasteiger charge is 2.17. The Morgan fingerprint density at radius 3 is 2.20 bits per heavy atom. The molecule has 1 fully saturated rings. The number of aromatic nitrogens is 1. The van der Waals surface area contributed by atoms with Crippen molar-refractivity contribution in [3.8, 4) is 0 Å². The molecule has 0 spiro atoms. The largest absolute Gasteiger partial charge is 0.357 e. The average Bonchev–Trinajstić information content (AvgIpc) is 2.64. The number of pyridine rings is 1. The lowest BCUT2D eigenvalue weighted by Gasteiger charge is -2.34. The van der Waals surface area contributed by atoms with Gasteiger partial charge in [-0.3, -0.25) is 14.6 Å². The summed E-state index contributed by atoms with van der Waals surface area (Å²) in [4.78, 5) is 20.6. The van der Waals surface area contributed by atoms with E-state index < -0.39 is 0 Å². The Balaban J connectivity index is 1.38. The zero-order valence-corrected chi connectivity index (χ0v) is 14.3. The fraction of sp³-hybridized carbons (Fsp3) is 0.286. The summed E-state index contributed by atoms with van der Waals surface area (Å²) in [6.07, 6.45) is 0. The molecule has 2 aromatic carbocycles. The first-order valence-electron chi connectivity index (χ1n) is 8.87. The summed E-state index contributed by atoms with van der Waals surface area (Å²) < 4.78 is 0. The third-order valence-electron chi connectivity index (χ3n) is 4.90. The lowest BCUT2D eigenvalue weighted by Crippen LogP contribution is -2.45. The van der Waals surface area contributed by atoms with Crippen LogP contribution in [0.1, 0.15) is 11.3 Å². The van der Waals surface area contributed by atoms with E-state index in [1.54, 1.807) is 6.07 Å². The van der Waals surface area contributed by atoms with E-state index in [1.165, 1.54) is 5.56 Å². The number of benzene rings is 2. The number of rotatable bonds is 4. The van der Waals surface area contributed by atoms with Crippen LogP contribution < -0.4 is 5.43 Å². The fourth-order valence-electron chi connectivity index (χ4n) is 3.53. The monoisotopic (exact) mass is 333 g/mol. The maximum absolute atomic E-state index is 12.2. The van der Waals surface area contributed by atoms with Crippen molar-refractivity contribution in [2.45, 2.75) is 13.1 Å². The molecule has 3 aromatic rings. The lowest BCUT2D eigenvalue weighted by atomic mass is 10.1. The number of nitrogens with zero attached hydrogens (tertiary/aromatic N) is 2. The molecule has 1 aliphatic rings. The summed E-state index contributed by atoms with van der Waals surface area (Å²) in [6, 6.07) is 20.1. The van der Waals surface area contributed by atoms with Gasteiger partial charge < -0.3 is 4.98 Å². The van der Waals surface area contributed by atoms with E-state index in [1.807, 2.05) is 24.3 Å². The Kier molecular flexibility index (Phi) is 4.63. The molecule has 1 aliphatic heterocycles. The number of para-hydroxylation sites is 1. The number of hydrogen-bond acceptors (Lipinski definition) is 3. The van der Waals surface area contributed by atoms with Gasteiger partial charge in [0.1, 0.15) is 0 Å². The molecule has 4 heteroatoms. The topological polar surface area (TPSA) is 39.3 Å². The maximum atomic E-state index is 12.2. The van der Waals surface area contributed by atoms with Gasteiger partial charge in [-0.05, 0) is 17.7 Å². The Morgan fingerprint density at radius 1 is 0.800 bits per heavy atom. The summed E-state index contributed by atoms with van der Waals surface area (Å²) in [6.45, 7) is 6.00. The smallest absolute Gasteiger partial charge is 0.189 e. The Bertz CT molecular complexity index is 896. The molecule has 1 aromatic heterocycles. The van der Waals surface area contributed by atoms with Gasteiger partial charge in [0.2, 0.25) is 0 Å². The highest BCUT2D eigenvalue weighted by atomic mass is 16.1. The minimum Gasteiger partial charge on any atom is -0.357 e. The Morgan fingerprint density at radius 2 is 1.44 bits per heavy atom. The molecular weight excluding hydrogens is 310 g/mol. The van der Waals surface area contributed by atoms with Gasteiger partial charge in [-0.2, -0.15) is 0 Å². The van der Waals surface area contributed by atoms with Crippen molar-refractivity contribution in [2.24, 2.45) is 0 Å². The fourth-order valence-corrected chi connectivity index (χ4v) is 3.53. The summed E-state index contributed by atoms with van der Waals surface area (Å²) in [7, 11) is 0. The average molecular weight is 333 g/mol. The molecule has 4 rings (SSSR count). The summed E-state index contributed by atoms with van der Waals surface area (Å²) >= 11 is 0. The molecule has 1 N–H and O–H groups in total. The van der Waals surface area contributed by atoms with E-state index in [9.17, 15) is 4.79 Å². The molecule has 2 heterocycles. The van der Waals surface area contributed by atoms with Gasteiger partial charge in [-0.15, -0.1) is 0 Å². The molecule has 0 radical (unpaired) electrons. The summed E-state index contributed by atoms with van der Waals surface area (Å²) in [5, 5.41) is 0.763. The van der Waals surface area contributed by atoms with Gasteiger partial charge in [0.15, 0.2) is 5.43 Å². The van der Waals surface area contributed by atoms with Crippen LogP contribution in [0.4, 0.5) is 0 Å². The molecule has 0 bridgehead atoms. The number of nitrogens with one attached hydrogen (secondary N) is 1. The van der Waals surface area contributed by atoms with Crippen molar-refractivity contribution in [1.82, 2.24) is 14.8 Å². The Hall–Kier alpha value is -2.43. The van der Waals surface area contributed by atoms with Crippen molar-refractivity contribution < 1.29 is 0 Å². The van der Waals surface area contributed by atoms with Gasteiger partial charge in [0.05, 0.1) is 0 Å². The number of piperazine rings is 1. The van der Waals surface area contributed by atoms with Crippen LogP contribution >= 0.6 is 0 Å². The highest BCUT2D eigenvalue weighted by molar-refractivity contribution is 5.78. The Labute approximate surface area is 147 Å². The van der Waals surface area contributed by atoms with Crippen molar-refractivity contribution >= 4 is 10.9 Å². The van der Waals surface area contributed by atoms with Crippen LogP contribution in [0, 0.1) is 0 Å². The minimum atomic E-state index is 0.104. The van der Waals surface area contributed by atoms with Crippen LogP contribution in [0.5, 0.6) is 0 Å². The minimum absolute atomic E-state index is 0.104. The third kappa shape index (κ3) is 3.81. The van der Waals surface area contributed by atoms with Gasteiger partial charge in [-0.1, -0.05) is 42.5 Å². The van der Waals surface area contributed by atoms with E-state index in [0.717, 1.165) is 55.9 Å². The molecule has 4 nitrogen and oxygen atoms in total. The zero-order valence-electron chi connectivity index (χ0n) is 14.3. The number of aromatic amines is 1. The third-order valence-corrected chi connectivity index (χ3v) is 4.90. The normalized spacial score (nSPS) is 16.3. The molecular formula is C21H23N3O. The van der Waals surface area contributed by atoms with Crippen molar-refractivity contribution in [3.63, 3.8) is 0 Å². The van der Waals surface area contributed by atoms with Crippen LogP contribution in [0.3, 0.4) is 0 Å². The molecule has 0 aliphatic carbocycles. The first-order chi connectivity index (χ1) is 12.3. The lowest BCUT2D eigenvalue weighted by molar-refractivity contribution is 0.121. The highest BCUT2D eigenvalue weighted by Crippen LogP contribution is 2.12. The van der Waals surface area contributed by atoms with Gasteiger partial charge >= 0.3 is 0 Å². The standard InChI is InChI=1S/C21H23N3O/c25-21-14-18(22-20-9-5-4-8-19(20)21)16-24-12-10-23(11-13-24)15-17-6-2-1-3-7-17/h1-9,14H,10-13,15-16H2,(H,22,25). The van der Waals surface area contributed by atoms with Crippen LogP contribution in [0.25, 0.3) is 10.9 Å². The number of fused-ring (bicyclic) bond motifs is 1. The van der Waals surface area contributed by atoms with Gasteiger partial charge in [0.25, 0.3) is 0 Å². The second-order valence-corrected chi connectivity index (χ2v) is 6.74. The second kappa shape index (κ2) is 7.21. The molecule has 0 saturated carbocycles. The van der Waals surface area contributed by atoms with Gasteiger partial charge in [0, 0.05) is 61.9 Å². The quantitative estimate of drug-likeness (QED) is 0.798. The molecule has 0 atom stereocenters. The van der Waals surface area contributed by atoms with Gasteiger partial charge in [-0.25, -0.2) is 0 Å². The van der Waals surface area contributed by atoms with Crippen LogP contribution in [0.15, 0.2) is 65.5 Å². The second-order valence-electron chi connectivity index (χ2n) is 6.74. The number of H-pyrrole nitrogens is 1. The molecule has 1 saturated heterocycles. The van der Waals surface area contributed by atoms with Crippen molar-refractivity contribution in [3.05, 3.63) is 82.1 Å². The van der Waals surface area contributed by atoms with Crippen LogP contribution in [-0.4, -0.2) is 41.0 Å². The zero-order chi connectivity index (χ0) is 17.1. The number of hydrogen-bond donors (Lipinski definition) is 1. The van der Waals surface area contributed by atoms with E-state index in [4.69, 9.17) is 0 Å². The molecule has 0 amide bonds. The van der Waals surface area contributed by atoms with E-state index in [-0.39, 0.29) is 5.43 Å². The first-order valence-corrected chi connectivity index (χ1v) is 8.87. The predicted molar refractivity (Wildman–Crippen MR) is 102 cm³/mol. The van der Waals surface area contributed by atoms with Crippen molar-refractivity contribution in [2.75, 3.05) is 26.2 Å². The van der Waals surface area contributed by atoms with E-state index in [0.29, 0.717) is 0 Å². The van der Waals surface area contributed by atoms with E-state index in [2.05, 4.69) is 45.1 Å². The SMILES string of the molecule is O=c1cc(CN2CCN(Cc3ccccc3)CC2)[nH]c2ccccc12. The molecule has 0 unspecified atom stereocenters. The molecule has 25 heavy (non-hydrogen) atoms. The maximum Gasteiger partial charge on any atom is 0.189 e. The van der Waals surface area contributed by atoms with Crippen molar-refractivity contribution in [1.29, 1.82) is 0 Å². The molecule has 128 valence electrons. The van der Waals surface area contributed by atoms with Crippen LogP contribution in [0.2, 0.25) is 0 Å². The summed E-state index contributed by atoms with van der Waals surface area (Å²) in [5.74, 6) is 0. The van der Waals surface area contributed by atoms with Crippen LogP contribution in [-0.2, 0) is 13.1 Å². The van der Waals surface area contributed by atoms with E-state index >= 15 is 0 Å². The predicted octanol–water partition coefficient (Wildman–Crippen LogP) is 2.85. The summed E-state index contributed by atoms with van der Waals surface area (Å²) in [5.41, 5.74) is 3.40.